The summed E-state index contributed by atoms with van der Waals surface area (Å²) in [6.45, 7) is 5.50. The highest BCUT2D eigenvalue weighted by Crippen LogP contribution is 2.24. The normalized spacial score (nSPS) is 18.2. The summed E-state index contributed by atoms with van der Waals surface area (Å²) >= 11 is 0. The SMILES string of the molecule is CCOC(=O)C1CCCN(C(C)C(=O)NC(c2ccccc2)c2ccccc2)C1. The van der Waals surface area contributed by atoms with Crippen LogP contribution >= 0.6 is 0 Å². The van der Waals surface area contributed by atoms with E-state index in [-0.39, 0.29) is 29.9 Å². The van der Waals surface area contributed by atoms with Gasteiger partial charge in [0.05, 0.1) is 24.6 Å². The summed E-state index contributed by atoms with van der Waals surface area (Å²) in [6, 6.07) is 19.5. The molecule has 2 aromatic carbocycles. The molecule has 1 fully saturated rings. The lowest BCUT2D eigenvalue weighted by atomic mass is 9.96. The topological polar surface area (TPSA) is 58.6 Å². The zero-order chi connectivity index (χ0) is 20.6. The molecule has 0 aliphatic carbocycles. The molecule has 1 aliphatic rings. The number of nitrogens with one attached hydrogen (secondary N) is 1. The monoisotopic (exact) mass is 394 g/mol. The van der Waals surface area contributed by atoms with E-state index >= 15 is 0 Å². The Morgan fingerprint density at radius 1 is 1.07 bits per heavy atom. The van der Waals surface area contributed by atoms with E-state index in [0.29, 0.717) is 13.2 Å². The van der Waals surface area contributed by atoms with Gasteiger partial charge in [0.15, 0.2) is 0 Å². The number of benzene rings is 2. The number of amides is 1. The second kappa shape index (κ2) is 10.2. The van der Waals surface area contributed by atoms with Crippen molar-refractivity contribution in [2.75, 3.05) is 19.7 Å². The van der Waals surface area contributed by atoms with E-state index in [1.54, 1.807) is 0 Å². The third kappa shape index (κ3) is 5.45. The first-order valence-corrected chi connectivity index (χ1v) is 10.4. The van der Waals surface area contributed by atoms with Crippen LogP contribution in [0.15, 0.2) is 60.7 Å². The van der Waals surface area contributed by atoms with E-state index in [1.165, 1.54) is 0 Å². The molecule has 2 unspecified atom stereocenters. The van der Waals surface area contributed by atoms with E-state index in [0.717, 1.165) is 30.5 Å². The number of carbonyl (C=O) groups excluding carboxylic acids is 2. The number of piperidine rings is 1. The molecule has 2 atom stereocenters. The lowest BCUT2D eigenvalue weighted by molar-refractivity contribution is -0.151. The summed E-state index contributed by atoms with van der Waals surface area (Å²) < 4.78 is 5.18. The van der Waals surface area contributed by atoms with Crippen LogP contribution in [0.5, 0.6) is 0 Å². The summed E-state index contributed by atoms with van der Waals surface area (Å²) in [7, 11) is 0. The Morgan fingerprint density at radius 3 is 2.21 bits per heavy atom. The van der Waals surface area contributed by atoms with Crippen LogP contribution in [0.3, 0.4) is 0 Å². The molecule has 154 valence electrons. The lowest BCUT2D eigenvalue weighted by Gasteiger charge is -2.35. The van der Waals surface area contributed by atoms with Gasteiger partial charge in [-0.3, -0.25) is 14.5 Å². The minimum atomic E-state index is -0.317. The molecule has 1 N–H and O–H groups in total. The van der Waals surface area contributed by atoms with Crippen molar-refractivity contribution >= 4 is 11.9 Å². The highest BCUT2D eigenvalue weighted by Gasteiger charge is 2.32. The predicted molar refractivity (Wildman–Crippen MR) is 113 cm³/mol. The molecule has 29 heavy (non-hydrogen) atoms. The van der Waals surface area contributed by atoms with Crippen LogP contribution in [-0.2, 0) is 14.3 Å². The first-order valence-electron chi connectivity index (χ1n) is 10.4. The van der Waals surface area contributed by atoms with Gasteiger partial charge in [-0.25, -0.2) is 0 Å². The van der Waals surface area contributed by atoms with Crippen molar-refractivity contribution in [2.45, 2.75) is 38.8 Å². The van der Waals surface area contributed by atoms with Crippen molar-refractivity contribution < 1.29 is 14.3 Å². The summed E-state index contributed by atoms with van der Waals surface area (Å²) in [5.41, 5.74) is 2.09. The van der Waals surface area contributed by atoms with Gasteiger partial charge in [-0.15, -0.1) is 0 Å². The molecular formula is C24H30N2O3. The number of hydrogen-bond donors (Lipinski definition) is 1. The van der Waals surface area contributed by atoms with Crippen LogP contribution in [0.1, 0.15) is 43.9 Å². The quantitative estimate of drug-likeness (QED) is 0.730. The summed E-state index contributed by atoms with van der Waals surface area (Å²) in [5, 5.41) is 3.22. The molecule has 1 heterocycles. The number of likely N-dealkylation sites (tertiary alicyclic amines) is 1. The molecule has 0 aromatic heterocycles. The van der Waals surface area contributed by atoms with Crippen LogP contribution in [0.25, 0.3) is 0 Å². The Balaban J connectivity index is 1.71. The van der Waals surface area contributed by atoms with Crippen LogP contribution in [-0.4, -0.2) is 42.5 Å². The summed E-state index contributed by atoms with van der Waals surface area (Å²) in [6.07, 6.45) is 1.71. The van der Waals surface area contributed by atoms with Gasteiger partial charge >= 0.3 is 5.97 Å². The fourth-order valence-corrected chi connectivity index (χ4v) is 3.89. The molecular weight excluding hydrogens is 364 g/mol. The second-order valence-corrected chi connectivity index (χ2v) is 7.53. The van der Waals surface area contributed by atoms with Crippen LogP contribution in [0, 0.1) is 5.92 Å². The number of carbonyl (C=O) groups is 2. The zero-order valence-electron chi connectivity index (χ0n) is 17.2. The Morgan fingerprint density at radius 2 is 1.66 bits per heavy atom. The number of hydrogen-bond acceptors (Lipinski definition) is 4. The number of ether oxygens (including phenoxy) is 1. The van der Waals surface area contributed by atoms with Gasteiger partial charge < -0.3 is 10.1 Å². The highest BCUT2D eigenvalue weighted by atomic mass is 16.5. The average molecular weight is 395 g/mol. The van der Waals surface area contributed by atoms with Crippen molar-refractivity contribution in [3.63, 3.8) is 0 Å². The summed E-state index contributed by atoms with van der Waals surface area (Å²) in [4.78, 5) is 27.4. The molecule has 5 nitrogen and oxygen atoms in total. The molecule has 1 aliphatic heterocycles. The third-order valence-electron chi connectivity index (χ3n) is 5.55. The van der Waals surface area contributed by atoms with Crippen molar-refractivity contribution in [3.8, 4) is 0 Å². The first kappa shape index (κ1) is 21.1. The first-order chi connectivity index (χ1) is 14.1. The number of nitrogens with zero attached hydrogens (tertiary/aromatic N) is 1. The molecule has 5 heteroatoms. The van der Waals surface area contributed by atoms with Gasteiger partial charge in [-0.1, -0.05) is 60.7 Å². The molecule has 0 saturated carbocycles. The van der Waals surface area contributed by atoms with E-state index in [4.69, 9.17) is 4.74 Å². The highest BCUT2D eigenvalue weighted by molar-refractivity contribution is 5.82. The minimum Gasteiger partial charge on any atom is -0.466 e. The smallest absolute Gasteiger partial charge is 0.310 e. The van der Waals surface area contributed by atoms with E-state index in [1.807, 2.05) is 74.5 Å². The van der Waals surface area contributed by atoms with Crippen molar-refractivity contribution in [1.82, 2.24) is 10.2 Å². The molecule has 1 amide bonds. The van der Waals surface area contributed by atoms with Gasteiger partial charge in [-0.05, 0) is 44.4 Å². The third-order valence-corrected chi connectivity index (χ3v) is 5.55. The standard InChI is InChI=1S/C24H30N2O3/c1-3-29-24(28)21-15-10-16-26(17-21)18(2)23(27)25-22(19-11-6-4-7-12-19)20-13-8-5-9-14-20/h4-9,11-14,18,21-22H,3,10,15-17H2,1-2H3,(H,25,27). The molecule has 0 radical (unpaired) electrons. The maximum absolute atomic E-state index is 13.1. The average Bonchev–Trinajstić information content (AvgIpc) is 2.78. The van der Waals surface area contributed by atoms with E-state index < -0.39 is 0 Å². The Kier molecular flexibility index (Phi) is 7.42. The van der Waals surface area contributed by atoms with Crippen molar-refractivity contribution in [1.29, 1.82) is 0 Å². The molecule has 0 bridgehead atoms. The van der Waals surface area contributed by atoms with Crippen LogP contribution in [0.4, 0.5) is 0 Å². The lowest BCUT2D eigenvalue weighted by Crippen LogP contribution is -2.51. The van der Waals surface area contributed by atoms with E-state index in [2.05, 4.69) is 10.2 Å². The molecule has 3 rings (SSSR count). The largest absolute Gasteiger partial charge is 0.466 e. The van der Waals surface area contributed by atoms with Gasteiger partial charge in [0.2, 0.25) is 5.91 Å². The summed E-state index contributed by atoms with van der Waals surface area (Å²) in [5.74, 6) is -0.346. The number of rotatable bonds is 7. The Hall–Kier alpha value is -2.66. The Bertz CT molecular complexity index is 755. The molecule has 1 saturated heterocycles. The van der Waals surface area contributed by atoms with E-state index in [9.17, 15) is 9.59 Å². The van der Waals surface area contributed by atoms with Crippen LogP contribution < -0.4 is 5.32 Å². The fraction of sp³-hybridized carbons (Fsp3) is 0.417. The zero-order valence-corrected chi connectivity index (χ0v) is 17.2. The van der Waals surface area contributed by atoms with Crippen molar-refractivity contribution in [2.24, 2.45) is 5.92 Å². The van der Waals surface area contributed by atoms with Gasteiger partial charge in [0, 0.05) is 6.54 Å². The van der Waals surface area contributed by atoms with Gasteiger partial charge in [0.1, 0.15) is 0 Å². The van der Waals surface area contributed by atoms with Gasteiger partial charge in [-0.2, -0.15) is 0 Å². The maximum Gasteiger partial charge on any atom is 0.310 e. The Labute approximate surface area is 173 Å². The molecule has 2 aromatic rings. The minimum absolute atomic E-state index is 0.0350. The second-order valence-electron chi connectivity index (χ2n) is 7.53. The number of esters is 1. The maximum atomic E-state index is 13.1. The fourth-order valence-electron chi connectivity index (χ4n) is 3.89. The predicted octanol–water partition coefficient (Wildman–Crippen LogP) is 3.56. The van der Waals surface area contributed by atoms with Gasteiger partial charge in [0.25, 0.3) is 0 Å². The van der Waals surface area contributed by atoms with Crippen molar-refractivity contribution in [3.05, 3.63) is 71.8 Å². The molecule has 0 spiro atoms. The van der Waals surface area contributed by atoms with Crippen LogP contribution in [0.2, 0.25) is 0 Å².